The van der Waals surface area contributed by atoms with E-state index in [2.05, 4.69) is 20.5 Å². The molecule has 1 amide bonds. The van der Waals surface area contributed by atoms with Crippen LogP contribution < -0.4 is 11.1 Å². The Morgan fingerprint density at radius 2 is 2.14 bits per heavy atom. The molecule has 2 heterocycles. The Balaban J connectivity index is 1.78. The number of hydrogen-bond acceptors (Lipinski definition) is 5. The van der Waals surface area contributed by atoms with Gasteiger partial charge in [0.15, 0.2) is 10.8 Å². The normalized spacial score (nSPS) is 14.2. The summed E-state index contributed by atoms with van der Waals surface area (Å²) in [6.45, 7) is 4.00. The molecule has 1 aliphatic rings. The monoisotopic (exact) mass is 305 g/mol. The Labute approximate surface area is 127 Å². The van der Waals surface area contributed by atoms with E-state index in [1.807, 2.05) is 13.8 Å². The number of fused-ring (bicyclic) bond motifs is 1. The third-order valence-corrected chi connectivity index (χ3v) is 4.76. The van der Waals surface area contributed by atoms with Crippen LogP contribution in [0.3, 0.4) is 0 Å². The number of nitrogens with zero attached hydrogens (tertiary/aromatic N) is 2. The molecule has 0 unspecified atom stereocenters. The highest BCUT2D eigenvalue weighted by atomic mass is 32.1. The van der Waals surface area contributed by atoms with Gasteiger partial charge in [-0.1, -0.05) is 13.8 Å². The SMILES string of the molecule is CC(C)c1[nH]nc(C(=O)Nc2nc3c(s2)CCCC3)c1N. The summed E-state index contributed by atoms with van der Waals surface area (Å²) in [5, 5.41) is 10.3. The minimum Gasteiger partial charge on any atom is -0.395 e. The highest BCUT2D eigenvalue weighted by Crippen LogP contribution is 2.30. The van der Waals surface area contributed by atoms with E-state index >= 15 is 0 Å². The molecule has 0 fully saturated rings. The van der Waals surface area contributed by atoms with E-state index in [0.29, 0.717) is 10.8 Å². The van der Waals surface area contributed by atoms with E-state index in [0.717, 1.165) is 24.2 Å². The second-order valence-electron chi connectivity index (χ2n) is 5.60. The molecule has 0 saturated heterocycles. The fraction of sp³-hybridized carbons (Fsp3) is 0.500. The van der Waals surface area contributed by atoms with Crippen LogP contribution in [0.4, 0.5) is 10.8 Å². The number of hydrogen-bond donors (Lipinski definition) is 3. The summed E-state index contributed by atoms with van der Waals surface area (Å²) in [7, 11) is 0. The molecule has 0 saturated carbocycles. The van der Waals surface area contributed by atoms with Crippen molar-refractivity contribution in [2.45, 2.75) is 45.4 Å². The minimum atomic E-state index is -0.304. The number of amides is 1. The molecule has 21 heavy (non-hydrogen) atoms. The zero-order chi connectivity index (χ0) is 15.0. The summed E-state index contributed by atoms with van der Waals surface area (Å²) >= 11 is 1.56. The summed E-state index contributed by atoms with van der Waals surface area (Å²) in [6.07, 6.45) is 4.44. The first-order valence-corrected chi connectivity index (χ1v) is 8.01. The Morgan fingerprint density at radius 3 is 2.81 bits per heavy atom. The first-order chi connectivity index (χ1) is 10.1. The van der Waals surface area contributed by atoms with E-state index in [1.165, 1.54) is 17.7 Å². The Hall–Kier alpha value is -1.89. The average molecular weight is 305 g/mol. The summed E-state index contributed by atoms with van der Waals surface area (Å²) in [5.74, 6) is -0.104. The maximum atomic E-state index is 12.3. The standard InChI is InChI=1S/C14H19N5OS/c1-7(2)11-10(15)12(19-18-11)13(20)17-14-16-8-5-3-4-6-9(8)21-14/h7H,3-6,15H2,1-2H3,(H,18,19)(H,16,17,20). The molecule has 0 spiro atoms. The van der Waals surface area contributed by atoms with Crippen molar-refractivity contribution in [2.75, 3.05) is 11.1 Å². The Morgan fingerprint density at radius 1 is 1.38 bits per heavy atom. The van der Waals surface area contributed by atoms with Gasteiger partial charge in [-0.25, -0.2) is 4.98 Å². The lowest BCUT2D eigenvalue weighted by molar-refractivity contribution is 0.102. The molecule has 2 aromatic rings. The molecule has 112 valence electrons. The van der Waals surface area contributed by atoms with Crippen molar-refractivity contribution in [1.29, 1.82) is 0 Å². The van der Waals surface area contributed by atoms with Crippen LogP contribution in [0.5, 0.6) is 0 Å². The smallest absolute Gasteiger partial charge is 0.280 e. The van der Waals surface area contributed by atoms with Crippen molar-refractivity contribution in [3.05, 3.63) is 22.0 Å². The molecule has 2 aromatic heterocycles. The van der Waals surface area contributed by atoms with Gasteiger partial charge < -0.3 is 5.73 Å². The van der Waals surface area contributed by atoms with Gasteiger partial charge in [-0.3, -0.25) is 15.2 Å². The number of rotatable bonds is 3. The van der Waals surface area contributed by atoms with Gasteiger partial charge in [0.1, 0.15) is 0 Å². The average Bonchev–Trinajstić information content (AvgIpc) is 3.01. The van der Waals surface area contributed by atoms with Crippen molar-refractivity contribution < 1.29 is 4.79 Å². The second kappa shape index (κ2) is 5.48. The predicted molar refractivity (Wildman–Crippen MR) is 83.8 cm³/mol. The topological polar surface area (TPSA) is 96.7 Å². The number of anilines is 2. The zero-order valence-corrected chi connectivity index (χ0v) is 13.0. The zero-order valence-electron chi connectivity index (χ0n) is 12.2. The first-order valence-electron chi connectivity index (χ1n) is 7.20. The number of nitrogens with two attached hydrogens (primary N) is 1. The highest BCUT2D eigenvalue weighted by molar-refractivity contribution is 7.15. The van der Waals surface area contributed by atoms with Crippen LogP contribution in [-0.4, -0.2) is 21.1 Å². The van der Waals surface area contributed by atoms with Crippen molar-refractivity contribution >= 4 is 28.1 Å². The molecule has 0 aromatic carbocycles. The fourth-order valence-corrected chi connectivity index (χ4v) is 3.58. The van der Waals surface area contributed by atoms with Crippen molar-refractivity contribution in [1.82, 2.24) is 15.2 Å². The number of carbonyl (C=O) groups is 1. The van der Waals surface area contributed by atoms with E-state index < -0.39 is 0 Å². The quantitative estimate of drug-likeness (QED) is 0.812. The lowest BCUT2D eigenvalue weighted by Crippen LogP contribution is -2.14. The molecule has 4 N–H and O–H groups in total. The van der Waals surface area contributed by atoms with Gasteiger partial charge in [0.2, 0.25) is 0 Å². The number of H-pyrrole nitrogens is 1. The highest BCUT2D eigenvalue weighted by Gasteiger charge is 2.21. The summed E-state index contributed by atoms with van der Waals surface area (Å²) < 4.78 is 0. The van der Waals surface area contributed by atoms with Gasteiger partial charge in [0, 0.05) is 4.88 Å². The fourth-order valence-electron chi connectivity index (χ4n) is 2.54. The molecule has 1 aliphatic carbocycles. The summed E-state index contributed by atoms with van der Waals surface area (Å²) in [4.78, 5) is 18.1. The van der Waals surface area contributed by atoms with Gasteiger partial charge in [-0.05, 0) is 31.6 Å². The molecule has 0 radical (unpaired) electrons. The summed E-state index contributed by atoms with van der Waals surface area (Å²) in [5.41, 5.74) is 8.56. The maximum absolute atomic E-state index is 12.3. The lowest BCUT2D eigenvalue weighted by Gasteiger charge is -2.06. The van der Waals surface area contributed by atoms with Crippen LogP contribution in [-0.2, 0) is 12.8 Å². The molecule has 7 heteroatoms. The number of nitrogens with one attached hydrogen (secondary N) is 2. The third-order valence-electron chi connectivity index (χ3n) is 3.69. The van der Waals surface area contributed by atoms with Crippen LogP contribution in [0, 0.1) is 0 Å². The molecule has 3 rings (SSSR count). The second-order valence-corrected chi connectivity index (χ2v) is 6.69. The molecule has 0 bridgehead atoms. The number of thiazole rings is 1. The lowest BCUT2D eigenvalue weighted by atomic mass is 10.0. The number of aromatic amines is 1. The van der Waals surface area contributed by atoms with Gasteiger partial charge >= 0.3 is 0 Å². The van der Waals surface area contributed by atoms with Crippen LogP contribution in [0.25, 0.3) is 0 Å². The van der Waals surface area contributed by atoms with Crippen LogP contribution >= 0.6 is 11.3 Å². The van der Waals surface area contributed by atoms with E-state index in [4.69, 9.17) is 5.73 Å². The minimum absolute atomic E-state index is 0.200. The molecular formula is C14H19N5OS. The maximum Gasteiger partial charge on any atom is 0.280 e. The van der Waals surface area contributed by atoms with Gasteiger partial charge in [-0.2, -0.15) is 5.10 Å². The largest absolute Gasteiger partial charge is 0.395 e. The molecule has 0 atom stereocenters. The molecule has 6 nitrogen and oxygen atoms in total. The van der Waals surface area contributed by atoms with E-state index in [-0.39, 0.29) is 17.5 Å². The predicted octanol–water partition coefficient (Wildman–Crippen LogP) is 2.70. The van der Waals surface area contributed by atoms with Gasteiger partial charge in [-0.15, -0.1) is 11.3 Å². The van der Waals surface area contributed by atoms with Crippen LogP contribution in [0.2, 0.25) is 0 Å². The van der Waals surface area contributed by atoms with Crippen molar-refractivity contribution in [3.8, 4) is 0 Å². The van der Waals surface area contributed by atoms with Gasteiger partial charge in [0.25, 0.3) is 5.91 Å². The van der Waals surface area contributed by atoms with Crippen LogP contribution in [0.15, 0.2) is 0 Å². The first kappa shape index (κ1) is 14.1. The van der Waals surface area contributed by atoms with Crippen molar-refractivity contribution in [3.63, 3.8) is 0 Å². The molecular weight excluding hydrogens is 286 g/mol. The molecule has 0 aliphatic heterocycles. The number of carbonyl (C=O) groups excluding carboxylic acids is 1. The Kier molecular flexibility index (Phi) is 3.67. The van der Waals surface area contributed by atoms with Crippen molar-refractivity contribution in [2.24, 2.45) is 0 Å². The number of aryl methyl sites for hydroxylation is 2. The van der Waals surface area contributed by atoms with Crippen LogP contribution in [0.1, 0.15) is 59.4 Å². The number of aromatic nitrogens is 3. The Bertz CT molecular complexity index is 649. The number of nitrogen functional groups attached to an aromatic ring is 1. The third kappa shape index (κ3) is 2.65. The van der Waals surface area contributed by atoms with E-state index in [9.17, 15) is 4.79 Å². The summed E-state index contributed by atoms with van der Waals surface area (Å²) in [6, 6.07) is 0. The van der Waals surface area contributed by atoms with E-state index in [1.54, 1.807) is 11.3 Å². The van der Waals surface area contributed by atoms with Gasteiger partial charge in [0.05, 0.1) is 17.1 Å².